The quantitative estimate of drug-likeness (QED) is 0.632. The molecule has 0 spiro atoms. The number of carbonyl (C=O) groups excluding carboxylic acids is 1. The van der Waals surface area contributed by atoms with Gasteiger partial charge in [-0.3, -0.25) is 4.79 Å². The van der Waals surface area contributed by atoms with Gasteiger partial charge in [0.1, 0.15) is 5.78 Å². The van der Waals surface area contributed by atoms with Gasteiger partial charge in [-0.05, 0) is 24.7 Å². The van der Waals surface area contributed by atoms with Crippen LogP contribution < -0.4 is 0 Å². The Balaban J connectivity index is 2.21. The van der Waals surface area contributed by atoms with E-state index in [9.17, 15) is 4.79 Å². The largest absolute Gasteiger partial charge is 0.300 e. The standard InChI is InChI=1S/C11H20O/c1-3-11(12)8-10-6-4-9(2)5-7-10/h9-10H,3-8H2,1-2H3. The molecule has 0 aromatic rings. The van der Waals surface area contributed by atoms with Gasteiger partial charge in [-0.2, -0.15) is 0 Å². The number of ketones is 1. The van der Waals surface area contributed by atoms with Crippen LogP contribution in [-0.2, 0) is 4.79 Å². The van der Waals surface area contributed by atoms with Gasteiger partial charge in [-0.15, -0.1) is 0 Å². The highest BCUT2D eigenvalue weighted by molar-refractivity contribution is 5.78. The summed E-state index contributed by atoms with van der Waals surface area (Å²) in [7, 11) is 0. The lowest BCUT2D eigenvalue weighted by Crippen LogP contribution is -2.15. The summed E-state index contributed by atoms with van der Waals surface area (Å²) in [5.74, 6) is 2.07. The maximum absolute atomic E-state index is 11.2. The molecule has 1 aliphatic carbocycles. The van der Waals surface area contributed by atoms with E-state index in [0.717, 1.165) is 18.8 Å². The molecular formula is C11H20O. The zero-order chi connectivity index (χ0) is 8.97. The molecule has 0 radical (unpaired) electrons. The van der Waals surface area contributed by atoms with Crippen LogP contribution in [0.3, 0.4) is 0 Å². The van der Waals surface area contributed by atoms with E-state index in [1.54, 1.807) is 0 Å². The second-order valence-electron chi connectivity index (χ2n) is 4.22. The van der Waals surface area contributed by atoms with Gasteiger partial charge >= 0.3 is 0 Å². The first-order chi connectivity index (χ1) is 5.72. The van der Waals surface area contributed by atoms with Crippen molar-refractivity contribution in [2.75, 3.05) is 0 Å². The molecule has 70 valence electrons. The summed E-state index contributed by atoms with van der Waals surface area (Å²) in [4.78, 5) is 11.2. The first-order valence-electron chi connectivity index (χ1n) is 5.24. The Hall–Kier alpha value is -0.330. The first kappa shape index (κ1) is 9.76. The molecule has 0 heterocycles. The Morgan fingerprint density at radius 3 is 2.33 bits per heavy atom. The van der Waals surface area contributed by atoms with Gasteiger partial charge in [0.25, 0.3) is 0 Å². The molecule has 0 aromatic heterocycles. The third-order valence-electron chi connectivity index (χ3n) is 3.05. The van der Waals surface area contributed by atoms with Gasteiger partial charge in [-0.25, -0.2) is 0 Å². The smallest absolute Gasteiger partial charge is 0.132 e. The van der Waals surface area contributed by atoms with E-state index >= 15 is 0 Å². The Bertz CT molecular complexity index is 143. The van der Waals surface area contributed by atoms with Crippen LogP contribution in [0.5, 0.6) is 0 Å². The fourth-order valence-electron chi connectivity index (χ4n) is 2.00. The van der Waals surface area contributed by atoms with E-state index in [1.165, 1.54) is 25.7 Å². The van der Waals surface area contributed by atoms with Crippen molar-refractivity contribution in [2.24, 2.45) is 11.8 Å². The molecule has 1 saturated carbocycles. The molecule has 0 aliphatic heterocycles. The van der Waals surface area contributed by atoms with Crippen molar-refractivity contribution >= 4 is 5.78 Å². The van der Waals surface area contributed by atoms with Crippen molar-refractivity contribution in [3.63, 3.8) is 0 Å². The van der Waals surface area contributed by atoms with Gasteiger partial charge in [0.15, 0.2) is 0 Å². The lowest BCUT2D eigenvalue weighted by Gasteiger charge is -2.25. The molecule has 0 N–H and O–H groups in total. The average molecular weight is 168 g/mol. The highest BCUT2D eigenvalue weighted by Gasteiger charge is 2.19. The van der Waals surface area contributed by atoms with Crippen LogP contribution >= 0.6 is 0 Å². The predicted molar refractivity (Wildman–Crippen MR) is 51.0 cm³/mol. The maximum atomic E-state index is 11.2. The van der Waals surface area contributed by atoms with Crippen molar-refractivity contribution in [2.45, 2.75) is 52.4 Å². The number of carbonyl (C=O) groups is 1. The molecule has 1 fully saturated rings. The molecule has 1 rings (SSSR count). The van der Waals surface area contributed by atoms with Gasteiger partial charge < -0.3 is 0 Å². The minimum Gasteiger partial charge on any atom is -0.300 e. The Kier molecular flexibility index (Phi) is 3.77. The summed E-state index contributed by atoms with van der Waals surface area (Å²) in [6.45, 7) is 4.28. The van der Waals surface area contributed by atoms with Crippen LogP contribution in [0.4, 0.5) is 0 Å². The monoisotopic (exact) mass is 168 g/mol. The normalized spacial score (nSPS) is 30.2. The topological polar surface area (TPSA) is 17.1 Å². The van der Waals surface area contributed by atoms with Crippen molar-refractivity contribution in [1.29, 1.82) is 0 Å². The van der Waals surface area contributed by atoms with Crippen LogP contribution in [0.2, 0.25) is 0 Å². The summed E-state index contributed by atoms with van der Waals surface area (Å²) in [6.07, 6.45) is 6.82. The molecule has 0 atom stereocenters. The average Bonchev–Trinajstić information content (AvgIpc) is 2.09. The van der Waals surface area contributed by atoms with Crippen molar-refractivity contribution in [1.82, 2.24) is 0 Å². The van der Waals surface area contributed by atoms with Gasteiger partial charge in [-0.1, -0.05) is 26.7 Å². The van der Waals surface area contributed by atoms with E-state index < -0.39 is 0 Å². The summed E-state index contributed by atoms with van der Waals surface area (Å²) in [5, 5.41) is 0. The molecule has 1 nitrogen and oxygen atoms in total. The highest BCUT2D eigenvalue weighted by Crippen LogP contribution is 2.30. The molecule has 1 aliphatic rings. The molecule has 0 aromatic carbocycles. The maximum Gasteiger partial charge on any atom is 0.132 e. The fraction of sp³-hybridized carbons (Fsp3) is 0.909. The number of Topliss-reactive ketones (excluding diaryl/α,β-unsaturated/α-hetero) is 1. The fourth-order valence-corrected chi connectivity index (χ4v) is 2.00. The van der Waals surface area contributed by atoms with E-state index in [-0.39, 0.29) is 0 Å². The summed E-state index contributed by atoms with van der Waals surface area (Å²) < 4.78 is 0. The lowest BCUT2D eigenvalue weighted by atomic mass is 9.80. The van der Waals surface area contributed by atoms with Crippen molar-refractivity contribution in [3.05, 3.63) is 0 Å². The van der Waals surface area contributed by atoms with Crippen LogP contribution in [0.15, 0.2) is 0 Å². The molecule has 0 unspecified atom stereocenters. The molecule has 0 saturated heterocycles. The second kappa shape index (κ2) is 4.64. The molecule has 0 amide bonds. The van der Waals surface area contributed by atoms with E-state index in [4.69, 9.17) is 0 Å². The lowest BCUT2D eigenvalue weighted by molar-refractivity contribution is -0.119. The van der Waals surface area contributed by atoms with Crippen LogP contribution in [-0.4, -0.2) is 5.78 Å². The number of hydrogen-bond acceptors (Lipinski definition) is 1. The number of rotatable bonds is 3. The van der Waals surface area contributed by atoms with Gasteiger partial charge in [0.2, 0.25) is 0 Å². The van der Waals surface area contributed by atoms with Gasteiger partial charge in [0, 0.05) is 12.8 Å². The third-order valence-corrected chi connectivity index (χ3v) is 3.05. The second-order valence-corrected chi connectivity index (χ2v) is 4.22. The Morgan fingerprint density at radius 1 is 1.25 bits per heavy atom. The Morgan fingerprint density at radius 2 is 1.83 bits per heavy atom. The SMILES string of the molecule is CCC(=O)CC1CCC(C)CC1. The summed E-state index contributed by atoms with van der Waals surface area (Å²) in [5.41, 5.74) is 0. The molecular weight excluding hydrogens is 148 g/mol. The molecule has 1 heteroatoms. The summed E-state index contributed by atoms with van der Waals surface area (Å²) >= 11 is 0. The number of hydrogen-bond donors (Lipinski definition) is 0. The van der Waals surface area contributed by atoms with Crippen molar-refractivity contribution in [3.8, 4) is 0 Å². The minimum atomic E-state index is 0.453. The third kappa shape index (κ3) is 2.96. The van der Waals surface area contributed by atoms with Crippen LogP contribution in [0.25, 0.3) is 0 Å². The van der Waals surface area contributed by atoms with E-state index in [0.29, 0.717) is 11.7 Å². The van der Waals surface area contributed by atoms with Crippen molar-refractivity contribution < 1.29 is 4.79 Å². The first-order valence-corrected chi connectivity index (χ1v) is 5.24. The summed E-state index contributed by atoms with van der Waals surface area (Å²) in [6, 6.07) is 0. The van der Waals surface area contributed by atoms with E-state index in [2.05, 4.69) is 6.92 Å². The predicted octanol–water partition coefficient (Wildman–Crippen LogP) is 3.18. The zero-order valence-corrected chi connectivity index (χ0v) is 8.31. The minimum absolute atomic E-state index is 0.453. The molecule has 12 heavy (non-hydrogen) atoms. The van der Waals surface area contributed by atoms with Crippen LogP contribution in [0, 0.1) is 11.8 Å². The Labute approximate surface area is 75.5 Å². The highest BCUT2D eigenvalue weighted by atomic mass is 16.1. The zero-order valence-electron chi connectivity index (χ0n) is 8.31. The van der Waals surface area contributed by atoms with E-state index in [1.807, 2.05) is 6.92 Å². The molecule has 0 bridgehead atoms. The van der Waals surface area contributed by atoms with Crippen LogP contribution in [0.1, 0.15) is 52.4 Å². The van der Waals surface area contributed by atoms with Gasteiger partial charge in [0.05, 0.1) is 0 Å².